The van der Waals surface area contributed by atoms with Gasteiger partial charge in [0.25, 0.3) is 5.56 Å². The summed E-state index contributed by atoms with van der Waals surface area (Å²) < 4.78 is 4.12. The van der Waals surface area contributed by atoms with Crippen LogP contribution in [-0.4, -0.2) is 57.2 Å². The van der Waals surface area contributed by atoms with Gasteiger partial charge in [-0.25, -0.2) is 4.79 Å². The van der Waals surface area contributed by atoms with Crippen LogP contribution in [0.5, 0.6) is 0 Å². The molecule has 1 fully saturated rings. The van der Waals surface area contributed by atoms with Crippen molar-refractivity contribution in [3.05, 3.63) is 62.3 Å². The monoisotopic (exact) mass is 518 g/mol. The lowest BCUT2D eigenvalue weighted by Crippen LogP contribution is -2.44. The van der Waals surface area contributed by atoms with E-state index in [-0.39, 0.29) is 29.5 Å². The molecule has 3 heterocycles. The van der Waals surface area contributed by atoms with E-state index in [4.69, 9.17) is 16.0 Å². The van der Waals surface area contributed by atoms with E-state index in [2.05, 4.69) is 11.0 Å². The van der Waals surface area contributed by atoms with E-state index in [1.807, 2.05) is 24.5 Å². The summed E-state index contributed by atoms with van der Waals surface area (Å²) in [7, 11) is 3.31. The molecule has 0 amide bonds. The van der Waals surface area contributed by atoms with E-state index in [0.717, 1.165) is 29.5 Å². The maximum Gasteiger partial charge on any atom is 0.332 e. The van der Waals surface area contributed by atoms with Gasteiger partial charge in [0.15, 0.2) is 16.9 Å². The standard InChI is InChI=1S/C27H34N8O3/c1-18(2)10-13-34-23-24(30-26(34)33-12-6-8-20(29)16-33)32(4)27(38)35(25(23)37)17-22(36)19-7-5-9-21(15-19)31(3)14-11-28/h5,7,9-10,15,20H,6,8,12-14,16-17,29H2,1-4H3. The lowest BCUT2D eigenvalue weighted by molar-refractivity contribution is 0.0969. The number of piperidine rings is 1. The third-order valence-corrected chi connectivity index (χ3v) is 6.85. The van der Waals surface area contributed by atoms with Crippen molar-refractivity contribution in [3.8, 4) is 6.07 Å². The lowest BCUT2D eigenvalue weighted by Gasteiger charge is -2.31. The number of imidazole rings is 1. The minimum absolute atomic E-state index is 0.00142. The molecule has 3 aromatic rings. The number of carbonyl (C=O) groups excluding carboxylic acids is 1. The van der Waals surface area contributed by atoms with E-state index in [0.29, 0.717) is 30.3 Å². The van der Waals surface area contributed by atoms with Crippen LogP contribution < -0.4 is 26.8 Å². The van der Waals surface area contributed by atoms with Crippen LogP contribution in [0.1, 0.15) is 37.0 Å². The molecule has 1 saturated heterocycles. The summed E-state index contributed by atoms with van der Waals surface area (Å²) >= 11 is 0. The second-order valence-corrected chi connectivity index (χ2v) is 10.0. The van der Waals surface area contributed by atoms with Gasteiger partial charge in [-0.2, -0.15) is 10.2 Å². The highest BCUT2D eigenvalue weighted by molar-refractivity contribution is 5.97. The summed E-state index contributed by atoms with van der Waals surface area (Å²) in [5.74, 6) is 0.213. The first-order valence-electron chi connectivity index (χ1n) is 12.7. The van der Waals surface area contributed by atoms with Crippen molar-refractivity contribution in [2.45, 2.75) is 45.8 Å². The average molecular weight is 519 g/mol. The molecule has 1 aliphatic rings. The Morgan fingerprint density at radius 2 is 2.05 bits per heavy atom. The highest BCUT2D eigenvalue weighted by atomic mass is 16.2. The molecule has 0 bridgehead atoms. The average Bonchev–Trinajstić information content (AvgIpc) is 3.28. The predicted molar refractivity (Wildman–Crippen MR) is 148 cm³/mol. The van der Waals surface area contributed by atoms with Crippen molar-refractivity contribution < 1.29 is 4.79 Å². The van der Waals surface area contributed by atoms with Crippen molar-refractivity contribution in [1.29, 1.82) is 5.26 Å². The Hall–Kier alpha value is -4.17. The number of hydrogen-bond acceptors (Lipinski definition) is 8. The number of allylic oxidation sites excluding steroid dienone is 2. The number of nitrogens with two attached hydrogens (primary N) is 1. The van der Waals surface area contributed by atoms with Gasteiger partial charge in [0.1, 0.15) is 6.54 Å². The highest BCUT2D eigenvalue weighted by Gasteiger charge is 2.26. The zero-order chi connectivity index (χ0) is 27.6. The number of ketones is 1. The zero-order valence-electron chi connectivity index (χ0n) is 22.3. The van der Waals surface area contributed by atoms with Crippen molar-refractivity contribution >= 4 is 28.6 Å². The Balaban J connectivity index is 1.81. The summed E-state index contributed by atoms with van der Waals surface area (Å²) in [6.07, 6.45) is 3.83. The maximum atomic E-state index is 13.8. The number of nitrogens with zero attached hydrogens (tertiary/aromatic N) is 7. The molecule has 11 nitrogen and oxygen atoms in total. The number of fused-ring (bicyclic) bond motifs is 1. The molecule has 200 valence electrons. The molecular weight excluding hydrogens is 484 g/mol. The third kappa shape index (κ3) is 5.26. The highest BCUT2D eigenvalue weighted by Crippen LogP contribution is 2.23. The van der Waals surface area contributed by atoms with Crippen molar-refractivity contribution in [3.63, 3.8) is 0 Å². The Morgan fingerprint density at radius 1 is 1.29 bits per heavy atom. The molecule has 0 aliphatic carbocycles. The summed E-state index contributed by atoms with van der Waals surface area (Å²) in [5.41, 5.74) is 7.73. The zero-order valence-corrected chi connectivity index (χ0v) is 22.3. The molecule has 1 aromatic carbocycles. The molecule has 1 atom stereocenters. The number of nitriles is 1. The van der Waals surface area contributed by atoms with Gasteiger partial charge in [-0.3, -0.25) is 18.7 Å². The predicted octanol–water partition coefficient (Wildman–Crippen LogP) is 1.63. The Bertz CT molecular complexity index is 1550. The quantitative estimate of drug-likeness (QED) is 0.270. The van der Waals surface area contributed by atoms with Crippen LogP contribution in [0.2, 0.25) is 0 Å². The van der Waals surface area contributed by atoms with Crippen LogP contribution in [0.4, 0.5) is 11.6 Å². The molecular formula is C27H34N8O3. The molecule has 1 aliphatic heterocycles. The number of benzene rings is 1. The molecule has 0 spiro atoms. The molecule has 4 rings (SSSR count). The summed E-state index contributed by atoms with van der Waals surface area (Å²) in [4.78, 5) is 48.8. The molecule has 11 heteroatoms. The Morgan fingerprint density at radius 3 is 2.74 bits per heavy atom. The molecule has 38 heavy (non-hydrogen) atoms. The van der Waals surface area contributed by atoms with Gasteiger partial charge >= 0.3 is 5.69 Å². The van der Waals surface area contributed by atoms with Crippen molar-refractivity contribution in [2.75, 3.05) is 36.5 Å². The SMILES string of the molecule is CC(C)=CCn1c(N2CCCC(N)C2)nc2c1c(=O)n(CC(=O)c1cccc(N(C)CC#N)c1)c(=O)n2C. The van der Waals surface area contributed by atoms with E-state index >= 15 is 0 Å². The first-order valence-corrected chi connectivity index (χ1v) is 12.7. The van der Waals surface area contributed by atoms with E-state index in [1.165, 1.54) is 4.57 Å². The minimum Gasteiger partial charge on any atom is -0.361 e. The number of aromatic nitrogens is 4. The fraction of sp³-hybridized carbons (Fsp3) is 0.444. The first kappa shape index (κ1) is 26.9. The number of Topliss-reactive ketones (excluding diaryl/α,β-unsaturated/α-hetero) is 1. The molecule has 1 unspecified atom stereocenters. The Labute approximate surface area is 221 Å². The maximum absolute atomic E-state index is 13.8. The molecule has 0 saturated carbocycles. The van der Waals surface area contributed by atoms with Gasteiger partial charge in [0.05, 0.1) is 12.6 Å². The van der Waals surface area contributed by atoms with E-state index < -0.39 is 17.8 Å². The van der Waals surface area contributed by atoms with Gasteiger partial charge in [-0.1, -0.05) is 23.8 Å². The van der Waals surface area contributed by atoms with Crippen LogP contribution in [0.15, 0.2) is 45.5 Å². The lowest BCUT2D eigenvalue weighted by atomic mass is 10.1. The number of anilines is 2. The molecule has 0 radical (unpaired) electrons. The van der Waals surface area contributed by atoms with E-state index in [9.17, 15) is 14.4 Å². The van der Waals surface area contributed by atoms with Crippen LogP contribution in [0.3, 0.4) is 0 Å². The molecule has 2 aromatic heterocycles. The topological polar surface area (TPSA) is 135 Å². The van der Waals surface area contributed by atoms with Crippen molar-refractivity contribution in [2.24, 2.45) is 12.8 Å². The van der Waals surface area contributed by atoms with E-state index in [1.54, 1.807) is 43.3 Å². The van der Waals surface area contributed by atoms with Crippen LogP contribution in [-0.2, 0) is 20.1 Å². The van der Waals surface area contributed by atoms with Gasteiger partial charge < -0.3 is 20.1 Å². The second kappa shape index (κ2) is 11.1. The second-order valence-electron chi connectivity index (χ2n) is 10.0. The number of rotatable bonds is 8. The van der Waals surface area contributed by atoms with Gasteiger partial charge in [-0.15, -0.1) is 0 Å². The van der Waals surface area contributed by atoms with Crippen LogP contribution in [0.25, 0.3) is 11.2 Å². The van der Waals surface area contributed by atoms with Crippen LogP contribution >= 0.6 is 0 Å². The minimum atomic E-state index is -0.609. The van der Waals surface area contributed by atoms with Gasteiger partial charge in [-0.05, 0) is 38.8 Å². The number of carbonyl (C=O) groups is 1. The van der Waals surface area contributed by atoms with Gasteiger partial charge in [0.2, 0.25) is 5.95 Å². The normalized spacial score (nSPS) is 15.4. The van der Waals surface area contributed by atoms with Crippen LogP contribution in [0, 0.1) is 11.3 Å². The Kier molecular flexibility index (Phi) is 7.83. The van der Waals surface area contributed by atoms with Crippen molar-refractivity contribution in [1.82, 2.24) is 18.7 Å². The fourth-order valence-electron chi connectivity index (χ4n) is 4.73. The molecule has 2 N–H and O–H groups in total. The third-order valence-electron chi connectivity index (χ3n) is 6.85. The smallest absolute Gasteiger partial charge is 0.332 e. The summed E-state index contributed by atoms with van der Waals surface area (Å²) in [6, 6.07) is 8.87. The summed E-state index contributed by atoms with van der Waals surface area (Å²) in [6.45, 7) is 5.46. The fourth-order valence-corrected chi connectivity index (χ4v) is 4.73. The largest absolute Gasteiger partial charge is 0.361 e. The van der Waals surface area contributed by atoms with Gasteiger partial charge in [0, 0.05) is 51.0 Å². The number of aryl methyl sites for hydroxylation is 1. The first-order chi connectivity index (χ1) is 18.1. The number of hydrogen-bond donors (Lipinski definition) is 1. The summed E-state index contributed by atoms with van der Waals surface area (Å²) in [5, 5.41) is 8.98.